The van der Waals surface area contributed by atoms with Crippen molar-refractivity contribution in [3.05, 3.63) is 84.9 Å². The van der Waals surface area contributed by atoms with Crippen molar-refractivity contribution >= 4 is 17.0 Å². The minimum absolute atomic E-state index is 0.244. The Kier molecular flexibility index (Phi) is 3.27. The molecule has 0 saturated carbocycles. The summed E-state index contributed by atoms with van der Waals surface area (Å²) in [5, 5.41) is 3.35. The van der Waals surface area contributed by atoms with Gasteiger partial charge in [0.2, 0.25) is 0 Å². The largest absolute Gasteiger partial charge is 0.354 e. The van der Waals surface area contributed by atoms with Gasteiger partial charge in [0.05, 0.1) is 11.4 Å². The number of anilines is 2. The van der Waals surface area contributed by atoms with Crippen molar-refractivity contribution in [2.45, 2.75) is 0 Å². The fourth-order valence-corrected chi connectivity index (χ4v) is 2.51. The van der Waals surface area contributed by atoms with E-state index in [1.165, 1.54) is 12.1 Å². The number of nitrogens with zero attached hydrogens (tertiary/aromatic N) is 2. The molecule has 1 N–H and O–H groups in total. The number of hydrogen-bond acceptors (Lipinski definition) is 2. The van der Waals surface area contributed by atoms with Crippen LogP contribution < -0.4 is 5.32 Å². The SMILES string of the molecule is Fc1ccc(-c2cn3cc(Nc4ccccc4)ccc3n2)cc1. The summed E-state index contributed by atoms with van der Waals surface area (Å²) in [5.41, 5.74) is 4.58. The second-order valence-electron chi connectivity index (χ2n) is 5.31. The molecule has 3 nitrogen and oxygen atoms in total. The van der Waals surface area contributed by atoms with Crippen LogP contribution in [0.5, 0.6) is 0 Å². The third-order valence-corrected chi connectivity index (χ3v) is 3.65. The van der Waals surface area contributed by atoms with Gasteiger partial charge in [0.1, 0.15) is 11.5 Å². The molecule has 4 aromatic rings. The normalized spacial score (nSPS) is 10.8. The molecule has 0 spiro atoms. The summed E-state index contributed by atoms with van der Waals surface area (Å²) < 4.78 is 15.0. The minimum atomic E-state index is -0.244. The molecule has 112 valence electrons. The van der Waals surface area contributed by atoms with E-state index in [1.807, 2.05) is 59.3 Å². The van der Waals surface area contributed by atoms with Gasteiger partial charge in [-0.05, 0) is 48.5 Å². The first-order chi connectivity index (χ1) is 11.3. The molecule has 0 aliphatic heterocycles. The Hall–Kier alpha value is -3.14. The van der Waals surface area contributed by atoms with E-state index >= 15 is 0 Å². The van der Waals surface area contributed by atoms with Crippen molar-refractivity contribution in [2.24, 2.45) is 0 Å². The fourth-order valence-electron chi connectivity index (χ4n) is 2.51. The molecule has 2 aromatic carbocycles. The summed E-state index contributed by atoms with van der Waals surface area (Å²) in [6.07, 6.45) is 3.93. The van der Waals surface area contributed by atoms with Crippen LogP contribution in [0.3, 0.4) is 0 Å². The number of nitrogens with one attached hydrogen (secondary N) is 1. The Morgan fingerprint density at radius 2 is 1.57 bits per heavy atom. The molecule has 0 bridgehead atoms. The Balaban J connectivity index is 1.68. The van der Waals surface area contributed by atoms with Crippen LogP contribution in [-0.4, -0.2) is 9.38 Å². The summed E-state index contributed by atoms with van der Waals surface area (Å²) in [5.74, 6) is -0.244. The van der Waals surface area contributed by atoms with Crippen LogP contribution in [0.1, 0.15) is 0 Å². The molecule has 2 aromatic heterocycles. The molecule has 0 unspecified atom stereocenters. The lowest BCUT2D eigenvalue weighted by atomic mass is 10.2. The number of para-hydroxylation sites is 1. The van der Waals surface area contributed by atoms with Crippen LogP contribution in [0.25, 0.3) is 16.9 Å². The topological polar surface area (TPSA) is 29.3 Å². The van der Waals surface area contributed by atoms with Gasteiger partial charge in [-0.3, -0.25) is 0 Å². The van der Waals surface area contributed by atoms with Crippen molar-refractivity contribution in [1.29, 1.82) is 0 Å². The van der Waals surface area contributed by atoms with E-state index in [0.717, 1.165) is 28.3 Å². The molecule has 0 aliphatic carbocycles. The molecule has 4 heteroatoms. The van der Waals surface area contributed by atoms with Crippen LogP contribution in [0.2, 0.25) is 0 Å². The number of fused-ring (bicyclic) bond motifs is 1. The van der Waals surface area contributed by atoms with Crippen molar-refractivity contribution in [1.82, 2.24) is 9.38 Å². The highest BCUT2D eigenvalue weighted by Gasteiger charge is 2.05. The molecule has 0 amide bonds. The van der Waals surface area contributed by atoms with Crippen molar-refractivity contribution in [3.8, 4) is 11.3 Å². The number of benzene rings is 2. The first-order valence-electron chi connectivity index (χ1n) is 7.35. The highest BCUT2D eigenvalue weighted by molar-refractivity contribution is 5.65. The van der Waals surface area contributed by atoms with E-state index in [9.17, 15) is 4.39 Å². The van der Waals surface area contributed by atoms with Gasteiger partial charge >= 0.3 is 0 Å². The second kappa shape index (κ2) is 5.57. The maximum atomic E-state index is 13.0. The number of rotatable bonds is 3. The zero-order valence-corrected chi connectivity index (χ0v) is 12.3. The van der Waals surface area contributed by atoms with E-state index < -0.39 is 0 Å². The fraction of sp³-hybridized carbons (Fsp3) is 0. The highest BCUT2D eigenvalue weighted by Crippen LogP contribution is 2.22. The average molecular weight is 303 g/mol. The van der Waals surface area contributed by atoms with E-state index in [2.05, 4.69) is 10.3 Å². The molecule has 23 heavy (non-hydrogen) atoms. The van der Waals surface area contributed by atoms with Gasteiger partial charge in [-0.1, -0.05) is 18.2 Å². The maximum Gasteiger partial charge on any atom is 0.137 e. The van der Waals surface area contributed by atoms with E-state index in [4.69, 9.17) is 0 Å². The highest BCUT2D eigenvalue weighted by atomic mass is 19.1. The number of halogens is 1. The predicted molar refractivity (Wildman–Crippen MR) is 90.3 cm³/mol. The number of pyridine rings is 1. The van der Waals surface area contributed by atoms with Gasteiger partial charge in [-0.15, -0.1) is 0 Å². The van der Waals surface area contributed by atoms with Gasteiger partial charge in [-0.25, -0.2) is 9.37 Å². The van der Waals surface area contributed by atoms with Gasteiger partial charge in [-0.2, -0.15) is 0 Å². The summed E-state index contributed by atoms with van der Waals surface area (Å²) >= 11 is 0. The quantitative estimate of drug-likeness (QED) is 0.584. The minimum Gasteiger partial charge on any atom is -0.354 e. The van der Waals surface area contributed by atoms with Gasteiger partial charge in [0, 0.05) is 23.6 Å². The number of hydrogen-bond donors (Lipinski definition) is 1. The number of aromatic nitrogens is 2. The molecule has 0 radical (unpaired) electrons. The third-order valence-electron chi connectivity index (χ3n) is 3.65. The van der Waals surface area contributed by atoms with Crippen LogP contribution >= 0.6 is 0 Å². The van der Waals surface area contributed by atoms with Crippen LogP contribution in [0, 0.1) is 5.82 Å². The van der Waals surface area contributed by atoms with E-state index in [0.29, 0.717) is 0 Å². The molecular formula is C19H14FN3. The Morgan fingerprint density at radius 1 is 0.783 bits per heavy atom. The summed E-state index contributed by atoms with van der Waals surface area (Å²) in [7, 11) is 0. The molecule has 0 aliphatic rings. The van der Waals surface area contributed by atoms with Gasteiger partial charge in [0.25, 0.3) is 0 Å². The first kappa shape index (κ1) is 13.5. The maximum absolute atomic E-state index is 13.0. The molecule has 0 atom stereocenters. The Labute approximate surface area is 133 Å². The van der Waals surface area contributed by atoms with Crippen LogP contribution in [-0.2, 0) is 0 Å². The van der Waals surface area contributed by atoms with Crippen molar-refractivity contribution < 1.29 is 4.39 Å². The summed E-state index contributed by atoms with van der Waals surface area (Å²) in [6, 6.07) is 20.3. The Morgan fingerprint density at radius 3 is 2.35 bits per heavy atom. The zero-order valence-electron chi connectivity index (χ0n) is 12.3. The summed E-state index contributed by atoms with van der Waals surface area (Å²) in [4.78, 5) is 4.57. The van der Waals surface area contributed by atoms with Crippen molar-refractivity contribution in [3.63, 3.8) is 0 Å². The third kappa shape index (κ3) is 2.79. The second-order valence-corrected chi connectivity index (χ2v) is 5.31. The first-order valence-corrected chi connectivity index (χ1v) is 7.35. The lowest BCUT2D eigenvalue weighted by molar-refractivity contribution is 0.628. The molecule has 0 fully saturated rings. The molecule has 0 saturated heterocycles. The number of imidazole rings is 1. The standard InChI is InChI=1S/C19H14FN3/c20-15-8-6-14(7-9-15)18-13-23-12-17(10-11-19(23)22-18)21-16-4-2-1-3-5-16/h1-13,21H. The van der Waals surface area contributed by atoms with Crippen LogP contribution in [0.4, 0.5) is 15.8 Å². The average Bonchev–Trinajstić information content (AvgIpc) is 3.00. The monoisotopic (exact) mass is 303 g/mol. The predicted octanol–water partition coefficient (Wildman–Crippen LogP) is 4.88. The zero-order chi connectivity index (χ0) is 15.6. The van der Waals surface area contributed by atoms with Gasteiger partial charge < -0.3 is 9.72 Å². The molecule has 4 rings (SSSR count). The summed E-state index contributed by atoms with van der Waals surface area (Å²) in [6.45, 7) is 0. The van der Waals surface area contributed by atoms with E-state index in [-0.39, 0.29) is 5.82 Å². The lowest BCUT2D eigenvalue weighted by Gasteiger charge is -2.06. The lowest BCUT2D eigenvalue weighted by Crippen LogP contribution is -1.92. The van der Waals surface area contributed by atoms with E-state index in [1.54, 1.807) is 12.1 Å². The van der Waals surface area contributed by atoms with Crippen LogP contribution in [0.15, 0.2) is 79.1 Å². The molecular weight excluding hydrogens is 289 g/mol. The van der Waals surface area contributed by atoms with Gasteiger partial charge in [0.15, 0.2) is 0 Å². The smallest absolute Gasteiger partial charge is 0.137 e. The van der Waals surface area contributed by atoms with Crippen molar-refractivity contribution in [2.75, 3.05) is 5.32 Å². The Bertz CT molecular complexity index is 943. The molecule has 2 heterocycles.